The summed E-state index contributed by atoms with van der Waals surface area (Å²) in [4.78, 5) is 49.5. The summed E-state index contributed by atoms with van der Waals surface area (Å²) in [6.07, 6.45) is -1.16. The van der Waals surface area contributed by atoms with Crippen LogP contribution in [0.1, 0.15) is 25.3 Å². The predicted molar refractivity (Wildman–Crippen MR) is 155 cm³/mol. The van der Waals surface area contributed by atoms with E-state index in [1.807, 2.05) is 0 Å². The molecule has 4 aromatic rings. The van der Waals surface area contributed by atoms with Gasteiger partial charge in [-0.25, -0.2) is 28.9 Å². The number of nitrogens with zero attached hydrogens (tertiary/aromatic N) is 6. The molecular formula is C21H25FN8O10P2S2. The van der Waals surface area contributed by atoms with Crippen LogP contribution in [0, 0.1) is 5.82 Å². The summed E-state index contributed by atoms with van der Waals surface area (Å²) < 4.78 is 58.4. The SMILES string of the molecule is Nc1ncnc2c1ncn2[C@@H]1O[C@H](COP(O)(O)=S)[C@@H](O)[C@H]1OP(=O)(S)OC[C@@H]1CC[C@H](n2cc(F)c3c(=O)[nH]cnc32)O1. The van der Waals surface area contributed by atoms with Gasteiger partial charge in [-0.1, -0.05) is 12.2 Å². The van der Waals surface area contributed by atoms with Gasteiger partial charge in [0.1, 0.15) is 41.8 Å². The molecule has 23 heteroatoms. The zero-order valence-corrected chi connectivity index (χ0v) is 25.7. The number of halogens is 1. The number of nitrogens with two attached hydrogens (primary N) is 1. The minimum atomic E-state index is -4.25. The molecule has 0 radical (unpaired) electrons. The highest BCUT2D eigenvalue weighted by atomic mass is 32.7. The molecule has 2 aliphatic rings. The number of aromatic amines is 1. The van der Waals surface area contributed by atoms with Crippen LogP contribution >= 0.6 is 25.8 Å². The number of hydrogen-bond donors (Lipinski definition) is 6. The number of nitrogens with one attached hydrogen (secondary N) is 1. The number of nitrogen functional groups attached to an aromatic ring is 1. The summed E-state index contributed by atoms with van der Waals surface area (Å²) in [5.41, 5.74) is 5.78. The molecule has 2 aliphatic heterocycles. The molecule has 4 aromatic heterocycles. The monoisotopic (exact) mass is 694 g/mol. The largest absolute Gasteiger partial charge is 0.387 e. The molecule has 7 atom stereocenters. The maximum absolute atomic E-state index is 14.4. The number of hydrogen-bond acceptors (Lipinski definition) is 14. The van der Waals surface area contributed by atoms with Gasteiger partial charge in [-0.2, -0.15) is 0 Å². The fourth-order valence-electron chi connectivity index (χ4n) is 5.06. The third kappa shape index (κ3) is 6.33. The molecule has 18 nitrogen and oxygen atoms in total. The Morgan fingerprint density at radius 2 is 1.95 bits per heavy atom. The van der Waals surface area contributed by atoms with Crippen molar-refractivity contribution in [2.45, 2.75) is 49.7 Å². The van der Waals surface area contributed by atoms with E-state index >= 15 is 0 Å². The molecule has 6 heterocycles. The zero-order chi connectivity index (χ0) is 31.4. The van der Waals surface area contributed by atoms with Crippen molar-refractivity contribution in [3.8, 4) is 0 Å². The van der Waals surface area contributed by atoms with E-state index < -0.39 is 68.4 Å². The standard InChI is InChI=1S/C21H25FN8O10P2S2/c22-10-3-29(18-13(10)20(32)27-7-25-18)12-2-1-9(38-12)4-37-42(35,44)40-16-15(31)11(5-36-41(33,34)43)39-21(16)30-8-28-14-17(23)24-6-26-19(14)30/h3,6-9,11-12,15-16,21,31H,1-2,4-5H2,(H,35,44)(H2,23,24,26)(H,25,27,32)(H2,33,34,43)/t9-,11+,12+,15+,16+,21+,42?/m0/s1. The topological polar surface area (TPSA) is 244 Å². The predicted octanol–water partition coefficient (Wildman–Crippen LogP) is 0.887. The van der Waals surface area contributed by atoms with Gasteiger partial charge in [-0.05, 0) is 24.6 Å². The van der Waals surface area contributed by atoms with E-state index in [1.165, 1.54) is 21.8 Å². The van der Waals surface area contributed by atoms with E-state index in [4.69, 9.17) is 28.8 Å². The minimum absolute atomic E-state index is 0.0715. The Bertz CT molecular complexity index is 1850. The van der Waals surface area contributed by atoms with Crippen LogP contribution in [0.3, 0.4) is 0 Å². The molecule has 6 rings (SSSR count). The molecular weight excluding hydrogens is 669 g/mol. The van der Waals surface area contributed by atoms with Gasteiger partial charge >= 0.3 is 13.5 Å². The highest BCUT2D eigenvalue weighted by molar-refractivity contribution is 8.44. The Morgan fingerprint density at radius 1 is 1.16 bits per heavy atom. The van der Waals surface area contributed by atoms with E-state index in [-0.39, 0.29) is 34.6 Å². The van der Waals surface area contributed by atoms with Gasteiger partial charge in [-0.15, -0.1) is 0 Å². The Labute approximate surface area is 256 Å². The number of anilines is 1. The summed E-state index contributed by atoms with van der Waals surface area (Å²) in [7, 11) is 0. The normalized spacial score (nSPS) is 27.4. The Morgan fingerprint density at radius 3 is 2.73 bits per heavy atom. The molecule has 0 amide bonds. The van der Waals surface area contributed by atoms with Crippen LogP contribution in [0.4, 0.5) is 10.2 Å². The van der Waals surface area contributed by atoms with Crippen LogP contribution in [0.15, 0.2) is 30.0 Å². The summed E-state index contributed by atoms with van der Waals surface area (Å²) in [6, 6.07) is 0. The van der Waals surface area contributed by atoms with Crippen molar-refractivity contribution in [3.05, 3.63) is 41.3 Å². The number of thiol groups is 1. The lowest BCUT2D eigenvalue weighted by Gasteiger charge is -2.25. The van der Waals surface area contributed by atoms with Gasteiger partial charge < -0.3 is 44.2 Å². The van der Waals surface area contributed by atoms with Crippen molar-refractivity contribution in [3.63, 3.8) is 0 Å². The zero-order valence-electron chi connectivity index (χ0n) is 22.2. The molecule has 6 N–H and O–H groups in total. The van der Waals surface area contributed by atoms with E-state index in [0.717, 1.165) is 12.5 Å². The molecule has 238 valence electrons. The van der Waals surface area contributed by atoms with Crippen molar-refractivity contribution in [1.82, 2.24) is 34.1 Å². The fraction of sp³-hybridized carbons (Fsp3) is 0.476. The lowest BCUT2D eigenvalue weighted by atomic mass is 10.1. The van der Waals surface area contributed by atoms with Crippen LogP contribution in [0.25, 0.3) is 22.2 Å². The van der Waals surface area contributed by atoms with E-state index in [0.29, 0.717) is 12.8 Å². The number of aliphatic hydroxyl groups excluding tert-OH is 1. The molecule has 0 aliphatic carbocycles. The van der Waals surface area contributed by atoms with Gasteiger partial charge in [0.2, 0.25) is 0 Å². The number of imidazole rings is 1. The minimum Gasteiger partial charge on any atom is -0.387 e. The second kappa shape index (κ2) is 12.1. The Kier molecular flexibility index (Phi) is 8.68. The van der Waals surface area contributed by atoms with Crippen molar-refractivity contribution < 1.29 is 46.9 Å². The summed E-state index contributed by atoms with van der Waals surface area (Å²) in [5, 5.41) is 10.9. The molecule has 44 heavy (non-hydrogen) atoms. The number of aromatic nitrogens is 7. The molecule has 0 spiro atoms. The fourth-order valence-corrected chi connectivity index (χ4v) is 7.07. The van der Waals surface area contributed by atoms with Crippen LogP contribution in [-0.4, -0.2) is 86.6 Å². The first-order chi connectivity index (χ1) is 20.8. The maximum Gasteiger partial charge on any atom is 0.386 e. The maximum atomic E-state index is 14.4. The van der Waals surface area contributed by atoms with Gasteiger partial charge in [0, 0.05) is 6.20 Å². The third-order valence-electron chi connectivity index (χ3n) is 7.02. The average Bonchev–Trinajstić information content (AvgIpc) is 3.73. The van der Waals surface area contributed by atoms with Crippen molar-refractivity contribution in [1.29, 1.82) is 0 Å². The second-order valence-electron chi connectivity index (χ2n) is 9.86. The van der Waals surface area contributed by atoms with E-state index in [2.05, 4.69) is 49.0 Å². The van der Waals surface area contributed by atoms with E-state index in [1.54, 1.807) is 0 Å². The number of H-pyrrole nitrogens is 1. The molecule has 2 fully saturated rings. The van der Waals surface area contributed by atoms with Gasteiger partial charge in [-0.3, -0.25) is 18.4 Å². The van der Waals surface area contributed by atoms with Crippen LogP contribution < -0.4 is 11.3 Å². The number of fused-ring (bicyclic) bond motifs is 2. The van der Waals surface area contributed by atoms with Gasteiger partial charge in [0.25, 0.3) is 5.56 Å². The van der Waals surface area contributed by atoms with Crippen molar-refractivity contribution >= 4 is 65.6 Å². The Hall–Kier alpha value is -2.39. The molecule has 0 bridgehead atoms. The first kappa shape index (κ1) is 31.6. The number of aliphatic hydroxyl groups is 1. The smallest absolute Gasteiger partial charge is 0.386 e. The van der Waals surface area contributed by atoms with Gasteiger partial charge in [0.05, 0.1) is 32.0 Å². The van der Waals surface area contributed by atoms with Gasteiger partial charge in [0.15, 0.2) is 29.2 Å². The van der Waals surface area contributed by atoms with Crippen LogP contribution in [0.2, 0.25) is 0 Å². The number of rotatable bonds is 10. The highest BCUT2D eigenvalue weighted by Crippen LogP contribution is 2.57. The first-order valence-electron chi connectivity index (χ1n) is 12.8. The molecule has 1 unspecified atom stereocenters. The molecule has 2 saturated heterocycles. The summed E-state index contributed by atoms with van der Waals surface area (Å²) >= 11 is 8.56. The second-order valence-corrected chi connectivity index (χ2v) is 15.4. The number of ether oxygens (including phenoxy) is 2. The lowest BCUT2D eigenvalue weighted by molar-refractivity contribution is -0.0479. The summed E-state index contributed by atoms with van der Waals surface area (Å²) in [6.45, 7) is -9.16. The third-order valence-corrected chi connectivity index (χ3v) is 9.44. The highest BCUT2D eigenvalue weighted by Gasteiger charge is 2.49. The Balaban J connectivity index is 1.16. The lowest BCUT2D eigenvalue weighted by Crippen LogP contribution is -2.35. The quantitative estimate of drug-likeness (QED) is 0.0997. The van der Waals surface area contributed by atoms with Crippen LogP contribution in [-0.2, 0) is 39.4 Å². The average molecular weight is 695 g/mol. The van der Waals surface area contributed by atoms with Crippen molar-refractivity contribution in [2.24, 2.45) is 0 Å². The van der Waals surface area contributed by atoms with E-state index in [9.17, 15) is 28.6 Å². The molecule has 0 aromatic carbocycles. The molecule has 0 saturated carbocycles. The summed E-state index contributed by atoms with van der Waals surface area (Å²) in [5.74, 6) is -0.679. The van der Waals surface area contributed by atoms with Crippen molar-refractivity contribution in [2.75, 3.05) is 18.9 Å². The first-order valence-corrected chi connectivity index (χ1v) is 18.1. The van der Waals surface area contributed by atoms with Crippen LogP contribution in [0.5, 0.6) is 0 Å².